The van der Waals surface area contributed by atoms with E-state index in [9.17, 15) is 4.79 Å². The van der Waals surface area contributed by atoms with Crippen LogP contribution in [0.25, 0.3) is 10.2 Å². The summed E-state index contributed by atoms with van der Waals surface area (Å²) in [7, 11) is 2.01. The summed E-state index contributed by atoms with van der Waals surface area (Å²) in [6.45, 7) is 5.30. The zero-order valence-electron chi connectivity index (χ0n) is 13.3. The van der Waals surface area contributed by atoms with Gasteiger partial charge in [-0.25, -0.2) is 9.97 Å². The summed E-state index contributed by atoms with van der Waals surface area (Å²) in [6, 6.07) is 0. The second kappa shape index (κ2) is 5.58. The maximum Gasteiger partial charge on any atom is 0.262 e. The number of hydrogen-bond acceptors (Lipinski definition) is 5. The van der Waals surface area contributed by atoms with Crippen LogP contribution in [0.4, 0.5) is 0 Å². The fourth-order valence-corrected chi connectivity index (χ4v) is 4.09. The van der Waals surface area contributed by atoms with Crippen LogP contribution >= 0.6 is 11.3 Å². The van der Waals surface area contributed by atoms with Crippen molar-refractivity contribution in [3.63, 3.8) is 0 Å². The van der Waals surface area contributed by atoms with Crippen molar-refractivity contribution in [1.29, 1.82) is 0 Å². The summed E-state index contributed by atoms with van der Waals surface area (Å²) in [5, 5.41) is 2.81. The Balaban J connectivity index is 1.64. The summed E-state index contributed by atoms with van der Waals surface area (Å²) >= 11 is 1.56. The van der Waals surface area contributed by atoms with Gasteiger partial charge in [-0.2, -0.15) is 0 Å². The largest absolute Gasteiger partial charge is 0.337 e. The predicted octanol–water partition coefficient (Wildman–Crippen LogP) is 1.56. The Hall–Kier alpha value is -1.99. The van der Waals surface area contributed by atoms with E-state index in [0.29, 0.717) is 6.54 Å². The lowest BCUT2D eigenvalue weighted by Crippen LogP contribution is -2.29. The van der Waals surface area contributed by atoms with Gasteiger partial charge in [-0.3, -0.25) is 14.3 Å². The number of nitrogens with zero attached hydrogens (tertiary/aromatic N) is 5. The van der Waals surface area contributed by atoms with E-state index >= 15 is 0 Å². The van der Waals surface area contributed by atoms with Crippen LogP contribution < -0.4 is 5.56 Å². The molecular weight excluding hydrogens is 310 g/mol. The van der Waals surface area contributed by atoms with Crippen LogP contribution in [0.2, 0.25) is 0 Å². The third-order valence-electron chi connectivity index (χ3n) is 4.55. The number of rotatable bonds is 2. The standard InChI is InChI=1S/C16H19N5OS/c1-11-9-23-15-14(11)16(22)21-6-5-20(4-3-13(21)18-15)8-12-7-17-10-19(12)2/h7,9-10H,3-6,8H2,1-2H3. The molecule has 1 aliphatic heterocycles. The fourth-order valence-electron chi connectivity index (χ4n) is 3.16. The first-order chi connectivity index (χ1) is 11.1. The van der Waals surface area contributed by atoms with Gasteiger partial charge in [-0.15, -0.1) is 11.3 Å². The molecule has 0 saturated carbocycles. The first-order valence-electron chi connectivity index (χ1n) is 7.78. The fraction of sp³-hybridized carbons (Fsp3) is 0.438. The van der Waals surface area contributed by atoms with Gasteiger partial charge in [-0.05, 0) is 17.9 Å². The second-order valence-corrected chi connectivity index (χ2v) is 6.96. The monoisotopic (exact) mass is 329 g/mol. The third kappa shape index (κ3) is 2.49. The molecule has 0 N–H and O–H groups in total. The topological polar surface area (TPSA) is 56.0 Å². The van der Waals surface area contributed by atoms with Crippen molar-refractivity contribution in [1.82, 2.24) is 24.0 Å². The minimum Gasteiger partial charge on any atom is -0.337 e. The van der Waals surface area contributed by atoms with Gasteiger partial charge < -0.3 is 4.57 Å². The van der Waals surface area contributed by atoms with Crippen molar-refractivity contribution >= 4 is 21.6 Å². The highest BCUT2D eigenvalue weighted by Gasteiger charge is 2.19. The second-order valence-electron chi connectivity index (χ2n) is 6.11. The maximum absolute atomic E-state index is 12.8. The van der Waals surface area contributed by atoms with Crippen LogP contribution in [0, 0.1) is 6.92 Å². The molecule has 0 atom stereocenters. The zero-order valence-corrected chi connectivity index (χ0v) is 14.1. The highest BCUT2D eigenvalue weighted by molar-refractivity contribution is 7.16. The Bertz CT molecular complexity index is 922. The normalized spacial score (nSPS) is 15.7. The molecule has 0 aliphatic carbocycles. The Kier molecular flexibility index (Phi) is 3.54. The first kappa shape index (κ1) is 14.6. The Morgan fingerprint density at radius 3 is 2.96 bits per heavy atom. The Morgan fingerprint density at radius 1 is 1.30 bits per heavy atom. The van der Waals surface area contributed by atoms with Crippen LogP contribution in [0.3, 0.4) is 0 Å². The summed E-state index contributed by atoms with van der Waals surface area (Å²) in [4.78, 5) is 24.9. The molecule has 0 spiro atoms. The van der Waals surface area contributed by atoms with Crippen LogP contribution in [0.1, 0.15) is 17.1 Å². The molecule has 6 nitrogen and oxygen atoms in total. The van der Waals surface area contributed by atoms with Gasteiger partial charge in [-0.1, -0.05) is 0 Å². The van der Waals surface area contributed by atoms with E-state index < -0.39 is 0 Å². The SMILES string of the molecule is Cc1csc2nc3n(c(=O)c12)CCN(Cc1cncn1C)CC3. The zero-order chi connectivity index (χ0) is 16.0. The van der Waals surface area contributed by atoms with Gasteiger partial charge in [0.1, 0.15) is 10.7 Å². The Morgan fingerprint density at radius 2 is 2.17 bits per heavy atom. The summed E-state index contributed by atoms with van der Waals surface area (Å²) < 4.78 is 3.91. The highest BCUT2D eigenvalue weighted by Crippen LogP contribution is 2.21. The van der Waals surface area contributed by atoms with E-state index in [4.69, 9.17) is 4.98 Å². The van der Waals surface area contributed by atoms with Gasteiger partial charge in [0.15, 0.2) is 0 Å². The number of aromatic nitrogens is 4. The van der Waals surface area contributed by atoms with Crippen LogP contribution in [0.5, 0.6) is 0 Å². The molecule has 23 heavy (non-hydrogen) atoms. The maximum atomic E-state index is 12.8. The van der Waals surface area contributed by atoms with Crippen molar-refractivity contribution in [2.75, 3.05) is 13.1 Å². The van der Waals surface area contributed by atoms with Crippen LogP contribution in [-0.4, -0.2) is 37.1 Å². The molecule has 0 radical (unpaired) electrons. The predicted molar refractivity (Wildman–Crippen MR) is 90.8 cm³/mol. The minimum absolute atomic E-state index is 0.117. The van der Waals surface area contributed by atoms with E-state index in [2.05, 4.69) is 9.88 Å². The average Bonchev–Trinajstić information content (AvgIpc) is 3.02. The molecule has 3 aromatic rings. The molecule has 3 aromatic heterocycles. The van der Waals surface area contributed by atoms with Gasteiger partial charge >= 0.3 is 0 Å². The molecule has 0 saturated heterocycles. The number of hydrogen-bond donors (Lipinski definition) is 0. The lowest BCUT2D eigenvalue weighted by Gasteiger charge is -2.19. The van der Waals surface area contributed by atoms with Crippen molar-refractivity contribution in [2.45, 2.75) is 26.4 Å². The lowest BCUT2D eigenvalue weighted by molar-refractivity contribution is 0.265. The summed E-state index contributed by atoms with van der Waals surface area (Å²) in [5.41, 5.74) is 2.34. The van der Waals surface area contributed by atoms with Gasteiger partial charge in [0.25, 0.3) is 5.56 Å². The Labute approximate surface area is 138 Å². The molecule has 0 unspecified atom stereocenters. The lowest BCUT2D eigenvalue weighted by atomic mass is 10.2. The first-order valence-corrected chi connectivity index (χ1v) is 8.66. The van der Waals surface area contributed by atoms with Gasteiger partial charge in [0.05, 0.1) is 17.4 Å². The third-order valence-corrected chi connectivity index (χ3v) is 5.54. The molecule has 0 bridgehead atoms. The highest BCUT2D eigenvalue weighted by atomic mass is 32.1. The molecular formula is C16H19N5OS. The number of thiophene rings is 1. The number of fused-ring (bicyclic) bond motifs is 2. The van der Waals surface area contributed by atoms with Gasteiger partial charge in [0, 0.05) is 45.8 Å². The average molecular weight is 329 g/mol. The van der Waals surface area contributed by atoms with Crippen molar-refractivity contribution in [2.24, 2.45) is 7.05 Å². The number of aryl methyl sites for hydroxylation is 2. The van der Waals surface area contributed by atoms with Crippen molar-refractivity contribution in [3.8, 4) is 0 Å². The van der Waals surface area contributed by atoms with E-state index in [1.54, 1.807) is 11.3 Å². The van der Waals surface area contributed by atoms with E-state index in [1.165, 1.54) is 5.69 Å². The molecule has 4 rings (SSSR count). The molecule has 7 heteroatoms. The van der Waals surface area contributed by atoms with Gasteiger partial charge in [0.2, 0.25) is 0 Å². The molecule has 0 aromatic carbocycles. The van der Waals surface area contributed by atoms with E-state index in [-0.39, 0.29) is 5.56 Å². The smallest absolute Gasteiger partial charge is 0.262 e. The molecule has 1 aliphatic rings. The van der Waals surface area contributed by atoms with Crippen molar-refractivity contribution < 1.29 is 0 Å². The molecule has 0 fully saturated rings. The summed E-state index contributed by atoms with van der Waals surface area (Å²) in [6.07, 6.45) is 4.53. The minimum atomic E-state index is 0.117. The van der Waals surface area contributed by atoms with E-state index in [1.807, 2.05) is 41.0 Å². The van der Waals surface area contributed by atoms with Crippen molar-refractivity contribution in [3.05, 3.63) is 45.3 Å². The van der Waals surface area contributed by atoms with Crippen LogP contribution in [-0.2, 0) is 26.6 Å². The van der Waals surface area contributed by atoms with Crippen LogP contribution in [0.15, 0.2) is 22.7 Å². The number of imidazole rings is 1. The molecule has 4 heterocycles. The molecule has 120 valence electrons. The quantitative estimate of drug-likeness (QED) is 0.716. The summed E-state index contributed by atoms with van der Waals surface area (Å²) in [5.74, 6) is 0.914. The molecule has 0 amide bonds. The van der Waals surface area contributed by atoms with E-state index in [0.717, 1.165) is 47.7 Å².